The number of aromatic nitrogens is 1. The zero-order valence-electron chi connectivity index (χ0n) is 11.6. The molecule has 1 aromatic heterocycles. The summed E-state index contributed by atoms with van der Waals surface area (Å²) >= 11 is 0. The molecule has 3 nitrogen and oxygen atoms in total. The zero-order valence-corrected chi connectivity index (χ0v) is 11.6. The van der Waals surface area contributed by atoms with E-state index in [4.69, 9.17) is 4.74 Å². The van der Waals surface area contributed by atoms with Gasteiger partial charge in [0.15, 0.2) is 0 Å². The third-order valence-corrected chi connectivity index (χ3v) is 4.09. The Labute approximate surface area is 110 Å². The van der Waals surface area contributed by atoms with E-state index in [-0.39, 0.29) is 0 Å². The number of pyridine rings is 1. The second kappa shape index (κ2) is 6.19. The minimum Gasteiger partial charge on any atom is -0.495 e. The van der Waals surface area contributed by atoms with Crippen LogP contribution in [0, 0.1) is 11.8 Å². The van der Waals surface area contributed by atoms with Crippen molar-refractivity contribution in [2.45, 2.75) is 32.1 Å². The lowest BCUT2D eigenvalue weighted by atomic mass is 9.73. The highest BCUT2D eigenvalue weighted by Crippen LogP contribution is 2.42. The summed E-state index contributed by atoms with van der Waals surface area (Å²) in [6.07, 6.45) is 5.72. The van der Waals surface area contributed by atoms with Gasteiger partial charge < -0.3 is 10.1 Å². The van der Waals surface area contributed by atoms with Crippen LogP contribution < -0.4 is 10.1 Å². The van der Waals surface area contributed by atoms with E-state index in [9.17, 15) is 0 Å². The van der Waals surface area contributed by atoms with E-state index in [0.29, 0.717) is 11.8 Å². The molecule has 0 bridgehead atoms. The van der Waals surface area contributed by atoms with Crippen LogP contribution in [0.15, 0.2) is 18.3 Å². The maximum atomic E-state index is 5.48. The molecule has 2 rings (SSSR count). The van der Waals surface area contributed by atoms with Crippen LogP contribution >= 0.6 is 0 Å². The summed E-state index contributed by atoms with van der Waals surface area (Å²) in [5, 5.41) is 3.32. The van der Waals surface area contributed by atoms with Gasteiger partial charge in [-0.1, -0.05) is 13.3 Å². The standard InChI is InChI=1S/C15H24N2O/c1-11-6-7-12(10-16-2)13(9-11)15-14(18-3)5-4-8-17-15/h4-5,8,11-13,16H,6-7,9-10H2,1-3H3. The van der Waals surface area contributed by atoms with E-state index >= 15 is 0 Å². The highest BCUT2D eigenvalue weighted by molar-refractivity contribution is 5.30. The Morgan fingerprint density at radius 1 is 1.44 bits per heavy atom. The van der Waals surface area contributed by atoms with Crippen molar-refractivity contribution in [3.05, 3.63) is 24.0 Å². The summed E-state index contributed by atoms with van der Waals surface area (Å²) < 4.78 is 5.48. The van der Waals surface area contributed by atoms with E-state index < -0.39 is 0 Å². The van der Waals surface area contributed by atoms with E-state index in [2.05, 4.69) is 17.2 Å². The van der Waals surface area contributed by atoms with Crippen LogP contribution in [-0.4, -0.2) is 25.7 Å². The third kappa shape index (κ3) is 2.83. The second-order valence-electron chi connectivity index (χ2n) is 5.43. The highest BCUT2D eigenvalue weighted by Gasteiger charge is 2.31. The van der Waals surface area contributed by atoms with Crippen molar-refractivity contribution in [2.75, 3.05) is 20.7 Å². The van der Waals surface area contributed by atoms with Gasteiger partial charge in [-0.3, -0.25) is 4.98 Å². The molecule has 0 amide bonds. The molecule has 0 spiro atoms. The number of nitrogens with zero attached hydrogens (tertiary/aromatic N) is 1. The molecule has 100 valence electrons. The Morgan fingerprint density at radius 3 is 3.00 bits per heavy atom. The first-order chi connectivity index (χ1) is 8.76. The minimum atomic E-state index is 0.525. The first-order valence-corrected chi connectivity index (χ1v) is 6.89. The molecule has 0 aliphatic heterocycles. The van der Waals surface area contributed by atoms with Gasteiger partial charge >= 0.3 is 0 Å². The van der Waals surface area contributed by atoms with Gasteiger partial charge in [-0.05, 0) is 50.4 Å². The third-order valence-electron chi connectivity index (χ3n) is 4.09. The molecule has 3 unspecified atom stereocenters. The topological polar surface area (TPSA) is 34.2 Å². The Morgan fingerprint density at radius 2 is 2.28 bits per heavy atom. The van der Waals surface area contributed by atoms with Crippen LogP contribution in [0.1, 0.15) is 37.8 Å². The molecule has 1 fully saturated rings. The van der Waals surface area contributed by atoms with Crippen molar-refractivity contribution in [1.29, 1.82) is 0 Å². The quantitative estimate of drug-likeness (QED) is 0.889. The number of methoxy groups -OCH3 is 1. The molecule has 1 aliphatic rings. The van der Waals surface area contributed by atoms with E-state index in [1.54, 1.807) is 7.11 Å². The number of nitrogens with one attached hydrogen (secondary N) is 1. The summed E-state index contributed by atoms with van der Waals surface area (Å²) in [5.74, 6) is 2.93. The molecule has 1 aromatic rings. The zero-order chi connectivity index (χ0) is 13.0. The van der Waals surface area contributed by atoms with Crippen molar-refractivity contribution in [3.8, 4) is 5.75 Å². The molecule has 1 N–H and O–H groups in total. The fraction of sp³-hybridized carbons (Fsp3) is 0.667. The van der Waals surface area contributed by atoms with Gasteiger partial charge in [0.2, 0.25) is 0 Å². The molecule has 1 aliphatic carbocycles. The van der Waals surface area contributed by atoms with Crippen LogP contribution in [0.4, 0.5) is 0 Å². The first kappa shape index (κ1) is 13.3. The fourth-order valence-corrected chi connectivity index (χ4v) is 3.14. The number of rotatable bonds is 4. The smallest absolute Gasteiger partial charge is 0.140 e. The molecule has 0 radical (unpaired) electrons. The molecule has 0 aromatic carbocycles. The number of ether oxygens (including phenoxy) is 1. The number of hydrogen-bond acceptors (Lipinski definition) is 3. The molecule has 0 saturated heterocycles. The Hall–Kier alpha value is -1.09. The van der Waals surface area contributed by atoms with Crippen LogP contribution in [0.25, 0.3) is 0 Å². The average Bonchev–Trinajstić information content (AvgIpc) is 2.41. The summed E-state index contributed by atoms with van der Waals surface area (Å²) in [4.78, 5) is 4.59. The van der Waals surface area contributed by atoms with E-state index in [1.807, 2.05) is 25.4 Å². The predicted molar refractivity (Wildman–Crippen MR) is 74.0 cm³/mol. The van der Waals surface area contributed by atoms with Gasteiger partial charge in [0, 0.05) is 12.1 Å². The molecule has 1 saturated carbocycles. The van der Waals surface area contributed by atoms with Crippen molar-refractivity contribution < 1.29 is 4.74 Å². The molecule has 18 heavy (non-hydrogen) atoms. The SMILES string of the molecule is CNCC1CCC(C)CC1c1ncccc1OC. The minimum absolute atomic E-state index is 0.525. The summed E-state index contributed by atoms with van der Waals surface area (Å²) in [7, 11) is 3.77. The van der Waals surface area contributed by atoms with Gasteiger partial charge in [-0.15, -0.1) is 0 Å². The lowest BCUT2D eigenvalue weighted by Crippen LogP contribution is -2.30. The first-order valence-electron chi connectivity index (χ1n) is 6.89. The van der Waals surface area contributed by atoms with Gasteiger partial charge in [0.05, 0.1) is 12.8 Å². The molecule has 3 heteroatoms. The fourth-order valence-electron chi connectivity index (χ4n) is 3.14. The van der Waals surface area contributed by atoms with Crippen molar-refractivity contribution in [2.24, 2.45) is 11.8 Å². The molecular formula is C15H24N2O. The lowest BCUT2D eigenvalue weighted by molar-refractivity contribution is 0.236. The maximum absolute atomic E-state index is 5.48. The van der Waals surface area contributed by atoms with E-state index in [0.717, 1.165) is 23.9 Å². The van der Waals surface area contributed by atoms with E-state index in [1.165, 1.54) is 19.3 Å². The van der Waals surface area contributed by atoms with Gasteiger partial charge in [-0.2, -0.15) is 0 Å². The summed E-state index contributed by atoms with van der Waals surface area (Å²) in [6.45, 7) is 3.41. The maximum Gasteiger partial charge on any atom is 0.140 e. The molecular weight excluding hydrogens is 224 g/mol. The Balaban J connectivity index is 2.25. The Kier molecular flexibility index (Phi) is 4.59. The van der Waals surface area contributed by atoms with Crippen molar-refractivity contribution in [3.63, 3.8) is 0 Å². The molecule has 3 atom stereocenters. The summed E-state index contributed by atoms with van der Waals surface area (Å²) in [6, 6.07) is 3.97. The van der Waals surface area contributed by atoms with Crippen molar-refractivity contribution >= 4 is 0 Å². The summed E-state index contributed by atoms with van der Waals surface area (Å²) in [5.41, 5.74) is 1.15. The van der Waals surface area contributed by atoms with Crippen LogP contribution in [0.3, 0.4) is 0 Å². The monoisotopic (exact) mass is 248 g/mol. The van der Waals surface area contributed by atoms with Crippen LogP contribution in [0.5, 0.6) is 5.75 Å². The van der Waals surface area contributed by atoms with Crippen LogP contribution in [-0.2, 0) is 0 Å². The largest absolute Gasteiger partial charge is 0.495 e. The van der Waals surface area contributed by atoms with Gasteiger partial charge in [-0.25, -0.2) is 0 Å². The highest BCUT2D eigenvalue weighted by atomic mass is 16.5. The molecule has 1 heterocycles. The van der Waals surface area contributed by atoms with Crippen molar-refractivity contribution in [1.82, 2.24) is 10.3 Å². The van der Waals surface area contributed by atoms with Crippen LogP contribution in [0.2, 0.25) is 0 Å². The Bertz CT molecular complexity index is 381. The van der Waals surface area contributed by atoms with Gasteiger partial charge in [0.25, 0.3) is 0 Å². The lowest BCUT2D eigenvalue weighted by Gasteiger charge is -2.35. The van der Waals surface area contributed by atoms with Gasteiger partial charge in [0.1, 0.15) is 5.75 Å². The predicted octanol–water partition coefficient (Wildman–Crippen LogP) is 2.83. The number of hydrogen-bond donors (Lipinski definition) is 1. The normalized spacial score (nSPS) is 28.1. The second-order valence-corrected chi connectivity index (χ2v) is 5.43. The average molecular weight is 248 g/mol.